The SMILES string of the molecule is CC1=NN(c2ccc(F)cc2)C(=O)[C@@H]1[C@H](c1ccc([N+](=O)[O-])cc1)c1c(C)[nH]n(-c2ccc(F)cc2)c1=O. The molecule has 9 nitrogen and oxygen atoms in total. The number of aromatic amines is 1. The summed E-state index contributed by atoms with van der Waals surface area (Å²) in [4.78, 5) is 38.2. The molecule has 0 radical (unpaired) electrons. The van der Waals surface area contributed by atoms with Crippen LogP contribution in [0.15, 0.2) is 82.7 Å². The number of nitro groups is 1. The van der Waals surface area contributed by atoms with Crippen molar-refractivity contribution in [2.24, 2.45) is 11.0 Å². The van der Waals surface area contributed by atoms with Crippen LogP contribution in [0, 0.1) is 34.6 Å². The summed E-state index contributed by atoms with van der Waals surface area (Å²) in [5, 5.41) is 19.8. The van der Waals surface area contributed by atoms with Gasteiger partial charge < -0.3 is 0 Å². The first-order valence-corrected chi connectivity index (χ1v) is 11.6. The summed E-state index contributed by atoms with van der Waals surface area (Å²) in [5.74, 6) is -3.15. The molecule has 5 rings (SSSR count). The van der Waals surface area contributed by atoms with Gasteiger partial charge in [-0.25, -0.2) is 18.5 Å². The highest BCUT2D eigenvalue weighted by Gasteiger charge is 2.43. The largest absolute Gasteiger partial charge is 0.295 e. The summed E-state index contributed by atoms with van der Waals surface area (Å²) < 4.78 is 28.2. The number of non-ortho nitro benzene ring substituents is 1. The lowest BCUT2D eigenvalue weighted by atomic mass is 9.78. The first-order chi connectivity index (χ1) is 18.2. The standard InChI is InChI=1S/C27H21F2N5O4/c1-15-23(26(35)32(30-15)20-11-5-18(28)6-12-20)25(17-3-9-22(10-4-17)34(37)38)24-16(2)31-33(27(24)36)21-13-7-19(29)8-14-21/h3-14,23,25,31H,1-2H3/t23-,25-/m0/s1. The Hall–Kier alpha value is -4.93. The van der Waals surface area contributed by atoms with Crippen molar-refractivity contribution < 1.29 is 18.5 Å². The van der Waals surface area contributed by atoms with Crippen molar-refractivity contribution in [3.63, 3.8) is 0 Å². The van der Waals surface area contributed by atoms with Gasteiger partial charge in [0.05, 0.1) is 22.2 Å². The molecule has 0 saturated carbocycles. The smallest absolute Gasteiger partial charge is 0.275 e. The Kier molecular flexibility index (Phi) is 6.19. The lowest BCUT2D eigenvalue weighted by molar-refractivity contribution is -0.384. The number of anilines is 1. The number of nitrogens with one attached hydrogen (secondary N) is 1. The molecule has 38 heavy (non-hydrogen) atoms. The number of hydrogen-bond acceptors (Lipinski definition) is 5. The first kappa shape index (κ1) is 24.8. The highest BCUT2D eigenvalue weighted by molar-refractivity contribution is 6.15. The molecule has 1 aromatic heterocycles. The number of H-pyrrole nitrogens is 1. The second kappa shape index (κ2) is 9.51. The molecular weight excluding hydrogens is 496 g/mol. The fraction of sp³-hybridized carbons (Fsp3) is 0.148. The molecule has 0 fully saturated rings. The first-order valence-electron chi connectivity index (χ1n) is 11.6. The molecule has 1 aliphatic rings. The van der Waals surface area contributed by atoms with E-state index < -0.39 is 39.9 Å². The third-order valence-electron chi connectivity index (χ3n) is 6.56. The number of hydrazone groups is 1. The van der Waals surface area contributed by atoms with E-state index in [-0.39, 0.29) is 11.3 Å². The Bertz CT molecular complexity index is 1620. The second-order valence-electron chi connectivity index (χ2n) is 8.94. The number of aryl methyl sites for hydroxylation is 1. The van der Waals surface area contributed by atoms with Crippen LogP contribution in [0.1, 0.15) is 29.7 Å². The topological polar surface area (TPSA) is 114 Å². The number of amides is 1. The van der Waals surface area contributed by atoms with E-state index >= 15 is 0 Å². The number of hydrogen-bond donors (Lipinski definition) is 1. The summed E-state index contributed by atoms with van der Waals surface area (Å²) in [6.45, 7) is 3.34. The van der Waals surface area contributed by atoms with Crippen LogP contribution in [0.5, 0.6) is 0 Å². The number of carbonyl (C=O) groups excluding carboxylic acids is 1. The minimum atomic E-state index is -0.926. The maximum absolute atomic E-state index is 13.8. The maximum atomic E-state index is 13.8. The fourth-order valence-corrected chi connectivity index (χ4v) is 4.76. The predicted octanol–water partition coefficient (Wildman–Crippen LogP) is 4.83. The molecule has 0 bridgehead atoms. The van der Waals surface area contributed by atoms with Crippen molar-refractivity contribution in [3.8, 4) is 5.69 Å². The second-order valence-corrected chi connectivity index (χ2v) is 8.94. The molecule has 0 saturated heterocycles. The van der Waals surface area contributed by atoms with Crippen molar-refractivity contribution in [2.45, 2.75) is 19.8 Å². The van der Waals surface area contributed by atoms with Crippen LogP contribution in [0.3, 0.4) is 0 Å². The number of nitrogens with zero attached hydrogens (tertiary/aromatic N) is 4. The summed E-state index contributed by atoms with van der Waals surface area (Å²) in [7, 11) is 0. The quantitative estimate of drug-likeness (QED) is 0.291. The minimum Gasteiger partial charge on any atom is -0.295 e. The predicted molar refractivity (Wildman–Crippen MR) is 137 cm³/mol. The minimum absolute atomic E-state index is 0.141. The molecule has 1 N–H and O–H groups in total. The van der Waals surface area contributed by atoms with Crippen molar-refractivity contribution in [2.75, 3.05) is 5.01 Å². The Morgan fingerprint density at radius 2 is 1.45 bits per heavy atom. The molecule has 192 valence electrons. The van der Waals surface area contributed by atoms with Crippen LogP contribution >= 0.6 is 0 Å². The number of nitro benzene ring substituents is 1. The van der Waals surface area contributed by atoms with Crippen LogP contribution in [-0.2, 0) is 4.79 Å². The fourth-order valence-electron chi connectivity index (χ4n) is 4.76. The van der Waals surface area contributed by atoms with E-state index in [0.29, 0.717) is 28.3 Å². The zero-order valence-electron chi connectivity index (χ0n) is 20.3. The van der Waals surface area contributed by atoms with Gasteiger partial charge in [-0.15, -0.1) is 0 Å². The van der Waals surface area contributed by atoms with E-state index in [9.17, 15) is 28.5 Å². The molecule has 2 atom stereocenters. The van der Waals surface area contributed by atoms with Crippen LogP contribution in [-0.4, -0.2) is 26.3 Å². The molecule has 0 spiro atoms. The maximum Gasteiger partial charge on any atom is 0.275 e. The van der Waals surface area contributed by atoms with Gasteiger partial charge in [-0.05, 0) is 67.9 Å². The Balaban J connectivity index is 1.65. The number of aromatic nitrogens is 2. The van der Waals surface area contributed by atoms with E-state index in [1.165, 1.54) is 82.5 Å². The van der Waals surface area contributed by atoms with Gasteiger partial charge in [-0.3, -0.25) is 24.8 Å². The third-order valence-corrected chi connectivity index (χ3v) is 6.56. The Morgan fingerprint density at radius 3 is 2.00 bits per heavy atom. The molecule has 3 aromatic carbocycles. The van der Waals surface area contributed by atoms with Crippen molar-refractivity contribution in [3.05, 3.63) is 122 Å². The summed E-state index contributed by atoms with van der Waals surface area (Å²) in [6.07, 6.45) is 0. The number of rotatable bonds is 6. The van der Waals surface area contributed by atoms with Crippen LogP contribution in [0.25, 0.3) is 5.69 Å². The molecule has 11 heteroatoms. The van der Waals surface area contributed by atoms with Gasteiger partial charge in [-0.2, -0.15) is 5.10 Å². The molecule has 0 aliphatic carbocycles. The zero-order valence-corrected chi connectivity index (χ0v) is 20.3. The van der Waals surface area contributed by atoms with E-state index in [0.717, 1.165) is 0 Å². The monoisotopic (exact) mass is 517 g/mol. The molecule has 1 aliphatic heterocycles. The van der Waals surface area contributed by atoms with Crippen LogP contribution in [0.4, 0.5) is 20.2 Å². The average Bonchev–Trinajstić information content (AvgIpc) is 3.36. The van der Waals surface area contributed by atoms with Gasteiger partial charge in [0.1, 0.15) is 11.6 Å². The average molecular weight is 517 g/mol. The highest BCUT2D eigenvalue weighted by atomic mass is 19.1. The van der Waals surface area contributed by atoms with Gasteiger partial charge in [0.2, 0.25) is 0 Å². The molecular formula is C27H21F2N5O4. The van der Waals surface area contributed by atoms with E-state index in [4.69, 9.17) is 0 Å². The number of halogens is 2. The molecule has 1 amide bonds. The molecule has 2 heterocycles. The van der Waals surface area contributed by atoms with Gasteiger partial charge >= 0.3 is 0 Å². The number of carbonyl (C=O) groups is 1. The van der Waals surface area contributed by atoms with Gasteiger partial charge in [0.15, 0.2) is 0 Å². The van der Waals surface area contributed by atoms with E-state index in [1.54, 1.807) is 13.8 Å². The zero-order chi connectivity index (χ0) is 27.1. The van der Waals surface area contributed by atoms with Gasteiger partial charge in [-0.1, -0.05) is 12.1 Å². The molecule has 4 aromatic rings. The summed E-state index contributed by atoms with van der Waals surface area (Å²) in [6, 6.07) is 16.3. The van der Waals surface area contributed by atoms with Crippen LogP contribution < -0.4 is 10.6 Å². The van der Waals surface area contributed by atoms with Crippen molar-refractivity contribution in [1.82, 2.24) is 9.78 Å². The lowest BCUT2D eigenvalue weighted by Crippen LogP contribution is -2.34. The van der Waals surface area contributed by atoms with E-state index in [1.807, 2.05) is 0 Å². The van der Waals surface area contributed by atoms with Crippen LogP contribution in [0.2, 0.25) is 0 Å². The normalized spacial score (nSPS) is 16.0. The van der Waals surface area contributed by atoms with Crippen molar-refractivity contribution >= 4 is 23.0 Å². The van der Waals surface area contributed by atoms with E-state index in [2.05, 4.69) is 10.2 Å². The third kappa shape index (κ3) is 4.27. The Labute approximate surface area is 214 Å². The molecule has 0 unspecified atom stereocenters. The Morgan fingerprint density at radius 1 is 0.895 bits per heavy atom. The highest BCUT2D eigenvalue weighted by Crippen LogP contribution is 2.39. The van der Waals surface area contributed by atoms with Crippen molar-refractivity contribution in [1.29, 1.82) is 0 Å². The lowest BCUT2D eigenvalue weighted by Gasteiger charge is -2.23. The van der Waals surface area contributed by atoms with Gasteiger partial charge in [0, 0.05) is 35.0 Å². The summed E-state index contributed by atoms with van der Waals surface area (Å²) in [5.41, 5.74) is 1.78. The number of benzene rings is 3. The van der Waals surface area contributed by atoms with Gasteiger partial charge in [0.25, 0.3) is 17.2 Å². The summed E-state index contributed by atoms with van der Waals surface area (Å²) >= 11 is 0.